The number of aromatic nitrogens is 2. The molecule has 0 saturated heterocycles. The molecule has 1 aromatic heterocycles. The lowest BCUT2D eigenvalue weighted by molar-refractivity contribution is -0.121. The van der Waals surface area contributed by atoms with Crippen molar-refractivity contribution in [3.05, 3.63) is 12.4 Å². The molecular formula is C14H23N3OS. The van der Waals surface area contributed by atoms with Gasteiger partial charge in [0.05, 0.1) is 5.25 Å². The van der Waals surface area contributed by atoms with Crippen molar-refractivity contribution < 1.29 is 4.79 Å². The first-order valence-corrected chi connectivity index (χ1v) is 7.90. The summed E-state index contributed by atoms with van der Waals surface area (Å²) >= 11 is 1.51. The summed E-state index contributed by atoms with van der Waals surface area (Å²) in [7, 11) is 1.95. The van der Waals surface area contributed by atoms with Gasteiger partial charge in [0.1, 0.15) is 0 Å². The summed E-state index contributed by atoms with van der Waals surface area (Å²) in [6.45, 7) is 4.18. The molecule has 2 rings (SSSR count). The largest absolute Gasteiger partial charge is 0.352 e. The molecule has 106 valence electrons. The Morgan fingerprint density at radius 3 is 2.89 bits per heavy atom. The van der Waals surface area contributed by atoms with Crippen molar-refractivity contribution in [2.45, 2.75) is 56.0 Å². The number of aryl methyl sites for hydroxylation is 1. The lowest BCUT2D eigenvalue weighted by atomic mass is 9.86. The third-order valence-corrected chi connectivity index (χ3v) is 5.04. The van der Waals surface area contributed by atoms with E-state index in [1.54, 1.807) is 6.20 Å². The van der Waals surface area contributed by atoms with Crippen molar-refractivity contribution in [2.24, 2.45) is 13.0 Å². The molecule has 1 fully saturated rings. The van der Waals surface area contributed by atoms with Crippen LogP contribution in [0.4, 0.5) is 0 Å². The summed E-state index contributed by atoms with van der Waals surface area (Å²) in [6.07, 6.45) is 8.53. The maximum atomic E-state index is 12.2. The Morgan fingerprint density at radius 1 is 1.53 bits per heavy atom. The molecular weight excluding hydrogens is 258 g/mol. The van der Waals surface area contributed by atoms with Crippen LogP contribution in [0.15, 0.2) is 17.6 Å². The number of amides is 1. The third-order valence-electron chi connectivity index (χ3n) is 3.87. The molecule has 0 aliphatic heterocycles. The third kappa shape index (κ3) is 3.75. The van der Waals surface area contributed by atoms with Gasteiger partial charge in [-0.05, 0) is 25.7 Å². The summed E-state index contributed by atoms with van der Waals surface area (Å²) in [5.41, 5.74) is 0. The number of hydrogen-bond donors (Lipinski definition) is 1. The molecule has 5 heteroatoms. The molecule has 0 aromatic carbocycles. The molecule has 4 nitrogen and oxygen atoms in total. The fraction of sp³-hybridized carbons (Fsp3) is 0.714. The molecule has 0 unspecified atom stereocenters. The van der Waals surface area contributed by atoms with Gasteiger partial charge in [-0.15, -0.1) is 0 Å². The summed E-state index contributed by atoms with van der Waals surface area (Å²) in [6, 6.07) is 0.352. The van der Waals surface area contributed by atoms with Gasteiger partial charge in [-0.25, -0.2) is 4.98 Å². The molecule has 1 aliphatic carbocycles. The lowest BCUT2D eigenvalue weighted by Gasteiger charge is -2.30. The SMILES string of the molecule is C[C@H](Sc1nccn1C)C(=O)N[C@H]1CCCC[C@H]1C. The summed E-state index contributed by atoms with van der Waals surface area (Å²) in [4.78, 5) is 16.5. The Bertz CT molecular complexity index is 432. The highest BCUT2D eigenvalue weighted by Crippen LogP contribution is 2.25. The standard InChI is InChI=1S/C14H23N3OS/c1-10-6-4-5-7-12(10)16-13(18)11(2)19-14-15-8-9-17(14)3/h8-12H,4-7H2,1-3H3,(H,16,18)/t10-,11+,12+/m1/s1. The molecule has 19 heavy (non-hydrogen) atoms. The highest BCUT2D eigenvalue weighted by Gasteiger charge is 2.25. The molecule has 3 atom stereocenters. The Morgan fingerprint density at radius 2 is 2.26 bits per heavy atom. The number of carbonyl (C=O) groups is 1. The molecule has 1 amide bonds. The molecule has 1 aliphatic rings. The van der Waals surface area contributed by atoms with Crippen LogP contribution >= 0.6 is 11.8 Å². The monoisotopic (exact) mass is 281 g/mol. The van der Waals surface area contributed by atoms with Gasteiger partial charge in [0.15, 0.2) is 5.16 Å². The number of thioether (sulfide) groups is 1. The Balaban J connectivity index is 1.87. The van der Waals surface area contributed by atoms with E-state index in [2.05, 4.69) is 17.2 Å². The number of carbonyl (C=O) groups excluding carboxylic acids is 1. The second kappa shape index (κ2) is 6.46. The molecule has 1 heterocycles. The van der Waals surface area contributed by atoms with Crippen LogP contribution in [-0.4, -0.2) is 26.8 Å². The van der Waals surface area contributed by atoms with Gasteiger partial charge in [0.25, 0.3) is 0 Å². The molecule has 0 radical (unpaired) electrons. The average Bonchev–Trinajstić information content (AvgIpc) is 2.78. The summed E-state index contributed by atoms with van der Waals surface area (Å²) in [5, 5.41) is 3.99. The molecule has 1 N–H and O–H groups in total. The van der Waals surface area contributed by atoms with Gasteiger partial charge >= 0.3 is 0 Å². The minimum absolute atomic E-state index is 0.102. The van der Waals surface area contributed by atoms with Crippen molar-refractivity contribution >= 4 is 17.7 Å². The van der Waals surface area contributed by atoms with Crippen LogP contribution in [0.5, 0.6) is 0 Å². The Hall–Kier alpha value is -0.970. The molecule has 0 spiro atoms. The summed E-state index contributed by atoms with van der Waals surface area (Å²) < 4.78 is 1.94. The van der Waals surface area contributed by atoms with Gasteiger partial charge in [-0.1, -0.05) is 31.5 Å². The van der Waals surface area contributed by atoms with Crippen molar-refractivity contribution in [2.75, 3.05) is 0 Å². The normalized spacial score (nSPS) is 25.0. The quantitative estimate of drug-likeness (QED) is 0.863. The highest BCUT2D eigenvalue weighted by atomic mass is 32.2. The molecule has 1 saturated carbocycles. The van der Waals surface area contributed by atoms with Crippen LogP contribution in [0.25, 0.3) is 0 Å². The van der Waals surface area contributed by atoms with Gasteiger partial charge in [0, 0.05) is 25.5 Å². The highest BCUT2D eigenvalue weighted by molar-refractivity contribution is 8.00. The Kier molecular flexibility index (Phi) is 4.91. The van der Waals surface area contributed by atoms with Gasteiger partial charge < -0.3 is 9.88 Å². The zero-order valence-electron chi connectivity index (χ0n) is 11.9. The van der Waals surface area contributed by atoms with Crippen LogP contribution < -0.4 is 5.32 Å². The van der Waals surface area contributed by atoms with E-state index in [9.17, 15) is 4.79 Å². The minimum Gasteiger partial charge on any atom is -0.352 e. The van der Waals surface area contributed by atoms with E-state index in [1.165, 1.54) is 31.0 Å². The van der Waals surface area contributed by atoms with E-state index in [0.717, 1.165) is 11.6 Å². The zero-order chi connectivity index (χ0) is 13.8. The fourth-order valence-electron chi connectivity index (χ4n) is 2.51. The van der Waals surface area contributed by atoms with Crippen LogP contribution in [0.3, 0.4) is 0 Å². The maximum Gasteiger partial charge on any atom is 0.233 e. The van der Waals surface area contributed by atoms with Gasteiger partial charge in [-0.2, -0.15) is 0 Å². The second-order valence-electron chi connectivity index (χ2n) is 5.46. The van der Waals surface area contributed by atoms with Crippen LogP contribution in [0.1, 0.15) is 39.5 Å². The maximum absolute atomic E-state index is 12.2. The van der Waals surface area contributed by atoms with Crippen LogP contribution in [-0.2, 0) is 11.8 Å². The first-order valence-electron chi connectivity index (χ1n) is 7.02. The second-order valence-corrected chi connectivity index (χ2v) is 6.77. The predicted molar refractivity (Wildman–Crippen MR) is 78.1 cm³/mol. The first-order chi connectivity index (χ1) is 9.08. The van der Waals surface area contributed by atoms with E-state index in [-0.39, 0.29) is 11.2 Å². The first kappa shape index (κ1) is 14.4. The predicted octanol–water partition coefficient (Wildman–Crippen LogP) is 2.60. The average molecular weight is 281 g/mol. The molecule has 1 aromatic rings. The van der Waals surface area contributed by atoms with Crippen molar-refractivity contribution in [3.8, 4) is 0 Å². The molecule has 0 bridgehead atoms. The number of hydrogen-bond acceptors (Lipinski definition) is 3. The van der Waals surface area contributed by atoms with E-state index in [4.69, 9.17) is 0 Å². The van der Waals surface area contributed by atoms with E-state index in [1.807, 2.05) is 24.7 Å². The van der Waals surface area contributed by atoms with Crippen molar-refractivity contribution in [1.29, 1.82) is 0 Å². The van der Waals surface area contributed by atoms with E-state index >= 15 is 0 Å². The fourth-order valence-corrected chi connectivity index (χ4v) is 3.35. The smallest absolute Gasteiger partial charge is 0.233 e. The Labute approximate surface area is 119 Å². The van der Waals surface area contributed by atoms with Gasteiger partial charge in [0.2, 0.25) is 5.91 Å². The van der Waals surface area contributed by atoms with Crippen molar-refractivity contribution in [3.63, 3.8) is 0 Å². The van der Waals surface area contributed by atoms with E-state index < -0.39 is 0 Å². The lowest BCUT2D eigenvalue weighted by Crippen LogP contribution is -2.44. The van der Waals surface area contributed by atoms with Crippen LogP contribution in [0, 0.1) is 5.92 Å². The summed E-state index contributed by atoms with van der Waals surface area (Å²) in [5.74, 6) is 0.731. The number of nitrogens with zero attached hydrogens (tertiary/aromatic N) is 2. The number of rotatable bonds is 4. The number of nitrogens with one attached hydrogen (secondary N) is 1. The van der Waals surface area contributed by atoms with Crippen LogP contribution in [0.2, 0.25) is 0 Å². The van der Waals surface area contributed by atoms with Crippen molar-refractivity contribution in [1.82, 2.24) is 14.9 Å². The minimum atomic E-state index is -0.102. The topological polar surface area (TPSA) is 46.9 Å². The van der Waals surface area contributed by atoms with Gasteiger partial charge in [-0.3, -0.25) is 4.79 Å². The zero-order valence-corrected chi connectivity index (χ0v) is 12.7. The number of imidazole rings is 1. The van der Waals surface area contributed by atoms with E-state index in [0.29, 0.717) is 12.0 Å².